The normalized spacial score (nSPS) is 10.1. The fourth-order valence-corrected chi connectivity index (χ4v) is 1.93. The van der Waals surface area contributed by atoms with Crippen LogP contribution in [0.2, 0.25) is 0 Å². The summed E-state index contributed by atoms with van der Waals surface area (Å²) in [5, 5.41) is 11.6. The van der Waals surface area contributed by atoms with Crippen molar-refractivity contribution in [3.05, 3.63) is 52.7 Å². The number of carbonyl (C=O) groups is 1. The summed E-state index contributed by atoms with van der Waals surface area (Å²) in [4.78, 5) is 16.1. The maximum atomic E-state index is 11.9. The number of hydrogen-bond donors (Lipinski definition) is 1. The average Bonchev–Trinajstić information content (AvgIpc) is 2.77. The number of aryl methyl sites for hydroxylation is 2. The molecule has 0 spiro atoms. The SMILES string of the molecule is Cc1nc(C)c(CCNC(=O)c2cccc(C#N)c2)o1. The summed E-state index contributed by atoms with van der Waals surface area (Å²) in [7, 11) is 0. The Kier molecular flexibility index (Phi) is 4.16. The van der Waals surface area contributed by atoms with E-state index in [0.29, 0.717) is 30.0 Å². The summed E-state index contributed by atoms with van der Waals surface area (Å²) in [6.07, 6.45) is 0.594. The van der Waals surface area contributed by atoms with E-state index in [2.05, 4.69) is 10.3 Å². The smallest absolute Gasteiger partial charge is 0.251 e. The average molecular weight is 269 g/mol. The van der Waals surface area contributed by atoms with Crippen LogP contribution in [0, 0.1) is 25.2 Å². The zero-order valence-corrected chi connectivity index (χ0v) is 11.4. The molecule has 1 amide bonds. The van der Waals surface area contributed by atoms with Crippen molar-refractivity contribution in [3.63, 3.8) is 0 Å². The molecule has 102 valence electrons. The number of rotatable bonds is 4. The van der Waals surface area contributed by atoms with E-state index < -0.39 is 0 Å². The van der Waals surface area contributed by atoms with Gasteiger partial charge in [-0.05, 0) is 25.1 Å². The molecule has 1 aromatic heterocycles. The lowest BCUT2D eigenvalue weighted by Crippen LogP contribution is -2.25. The van der Waals surface area contributed by atoms with Gasteiger partial charge in [0.2, 0.25) is 0 Å². The van der Waals surface area contributed by atoms with Crippen LogP contribution in [-0.4, -0.2) is 17.4 Å². The van der Waals surface area contributed by atoms with E-state index in [1.54, 1.807) is 31.2 Å². The van der Waals surface area contributed by atoms with Crippen molar-refractivity contribution in [3.8, 4) is 6.07 Å². The molecular weight excluding hydrogens is 254 g/mol. The highest BCUT2D eigenvalue weighted by molar-refractivity contribution is 5.94. The van der Waals surface area contributed by atoms with E-state index >= 15 is 0 Å². The third kappa shape index (κ3) is 3.23. The van der Waals surface area contributed by atoms with Gasteiger partial charge in [0.15, 0.2) is 5.89 Å². The Morgan fingerprint density at radius 2 is 2.25 bits per heavy atom. The van der Waals surface area contributed by atoms with Gasteiger partial charge >= 0.3 is 0 Å². The van der Waals surface area contributed by atoms with Crippen molar-refractivity contribution in [1.29, 1.82) is 5.26 Å². The van der Waals surface area contributed by atoms with Crippen LogP contribution in [0.3, 0.4) is 0 Å². The minimum atomic E-state index is -0.198. The molecule has 0 saturated heterocycles. The number of nitriles is 1. The van der Waals surface area contributed by atoms with Crippen LogP contribution in [0.15, 0.2) is 28.7 Å². The molecule has 0 aliphatic rings. The maximum Gasteiger partial charge on any atom is 0.251 e. The minimum Gasteiger partial charge on any atom is -0.446 e. The van der Waals surface area contributed by atoms with Crippen molar-refractivity contribution >= 4 is 5.91 Å². The van der Waals surface area contributed by atoms with Crippen LogP contribution in [0.5, 0.6) is 0 Å². The molecule has 1 heterocycles. The predicted octanol–water partition coefficient (Wildman–Crippen LogP) is 2.14. The standard InChI is InChI=1S/C15H15N3O2/c1-10-14(20-11(2)18-10)6-7-17-15(19)13-5-3-4-12(8-13)9-16/h3-5,8H,6-7H2,1-2H3,(H,17,19). The Bertz CT molecular complexity index is 668. The molecule has 5 heteroatoms. The fourth-order valence-electron chi connectivity index (χ4n) is 1.93. The monoisotopic (exact) mass is 269 g/mol. The van der Waals surface area contributed by atoms with Gasteiger partial charge in [0, 0.05) is 25.5 Å². The van der Waals surface area contributed by atoms with E-state index in [4.69, 9.17) is 9.68 Å². The number of oxazole rings is 1. The van der Waals surface area contributed by atoms with Gasteiger partial charge < -0.3 is 9.73 Å². The molecular formula is C15H15N3O2. The molecule has 0 aliphatic heterocycles. The van der Waals surface area contributed by atoms with E-state index in [-0.39, 0.29) is 5.91 Å². The lowest BCUT2D eigenvalue weighted by molar-refractivity contribution is 0.0953. The van der Waals surface area contributed by atoms with Crippen LogP contribution in [0.25, 0.3) is 0 Å². The summed E-state index contributed by atoms with van der Waals surface area (Å²) in [5.41, 5.74) is 1.80. The summed E-state index contributed by atoms with van der Waals surface area (Å²) < 4.78 is 5.43. The molecule has 0 aliphatic carbocycles. The molecule has 0 fully saturated rings. The highest BCUT2D eigenvalue weighted by atomic mass is 16.4. The number of benzene rings is 1. The Hall–Kier alpha value is -2.61. The number of nitrogens with zero attached hydrogens (tertiary/aromatic N) is 2. The molecule has 0 bridgehead atoms. The second-order valence-corrected chi connectivity index (χ2v) is 4.44. The van der Waals surface area contributed by atoms with Gasteiger partial charge in [0.25, 0.3) is 5.91 Å². The largest absolute Gasteiger partial charge is 0.446 e. The molecule has 0 radical (unpaired) electrons. The van der Waals surface area contributed by atoms with Gasteiger partial charge in [-0.25, -0.2) is 4.98 Å². The summed E-state index contributed by atoms with van der Waals surface area (Å²) in [6, 6.07) is 8.62. The van der Waals surface area contributed by atoms with Crippen LogP contribution >= 0.6 is 0 Å². The molecule has 2 aromatic rings. The molecule has 0 atom stereocenters. The fraction of sp³-hybridized carbons (Fsp3) is 0.267. The Labute approximate surface area is 117 Å². The maximum absolute atomic E-state index is 11.9. The lowest BCUT2D eigenvalue weighted by atomic mass is 10.1. The molecule has 1 aromatic carbocycles. The first-order valence-electron chi connectivity index (χ1n) is 6.31. The molecule has 1 N–H and O–H groups in total. The first-order chi connectivity index (χ1) is 9.60. The zero-order valence-electron chi connectivity index (χ0n) is 11.4. The Morgan fingerprint density at radius 1 is 1.45 bits per heavy atom. The Morgan fingerprint density at radius 3 is 2.90 bits per heavy atom. The third-order valence-electron chi connectivity index (χ3n) is 2.89. The quantitative estimate of drug-likeness (QED) is 0.922. The van der Waals surface area contributed by atoms with Gasteiger partial charge in [-0.2, -0.15) is 5.26 Å². The van der Waals surface area contributed by atoms with Crippen LogP contribution < -0.4 is 5.32 Å². The summed E-state index contributed by atoms with van der Waals surface area (Å²) in [5.74, 6) is 1.22. The van der Waals surface area contributed by atoms with Gasteiger partial charge in [-0.1, -0.05) is 6.07 Å². The van der Waals surface area contributed by atoms with Crippen molar-refractivity contribution in [2.75, 3.05) is 6.54 Å². The first kappa shape index (κ1) is 13.8. The van der Waals surface area contributed by atoms with Gasteiger partial charge in [0.1, 0.15) is 5.76 Å². The topological polar surface area (TPSA) is 78.9 Å². The number of nitrogens with one attached hydrogen (secondary N) is 1. The zero-order chi connectivity index (χ0) is 14.5. The van der Waals surface area contributed by atoms with Gasteiger partial charge in [-0.15, -0.1) is 0 Å². The number of aromatic nitrogens is 1. The van der Waals surface area contributed by atoms with Crippen molar-refractivity contribution in [1.82, 2.24) is 10.3 Å². The van der Waals surface area contributed by atoms with Gasteiger partial charge in [0.05, 0.1) is 17.3 Å². The lowest BCUT2D eigenvalue weighted by Gasteiger charge is -2.04. The summed E-state index contributed by atoms with van der Waals surface area (Å²) >= 11 is 0. The molecule has 0 unspecified atom stereocenters. The van der Waals surface area contributed by atoms with Crippen molar-refractivity contribution in [2.24, 2.45) is 0 Å². The van der Waals surface area contributed by atoms with E-state index in [0.717, 1.165) is 11.5 Å². The highest BCUT2D eigenvalue weighted by Gasteiger charge is 2.09. The predicted molar refractivity (Wildman–Crippen MR) is 73.2 cm³/mol. The second-order valence-electron chi connectivity index (χ2n) is 4.44. The van der Waals surface area contributed by atoms with Crippen LogP contribution in [-0.2, 0) is 6.42 Å². The van der Waals surface area contributed by atoms with E-state index in [1.165, 1.54) is 0 Å². The minimum absolute atomic E-state index is 0.198. The third-order valence-corrected chi connectivity index (χ3v) is 2.89. The molecule has 0 saturated carbocycles. The highest BCUT2D eigenvalue weighted by Crippen LogP contribution is 2.09. The first-order valence-corrected chi connectivity index (χ1v) is 6.31. The van der Waals surface area contributed by atoms with Crippen LogP contribution in [0.4, 0.5) is 0 Å². The Balaban J connectivity index is 1.92. The molecule has 5 nitrogen and oxygen atoms in total. The van der Waals surface area contributed by atoms with E-state index in [1.807, 2.05) is 13.0 Å². The number of hydrogen-bond acceptors (Lipinski definition) is 4. The van der Waals surface area contributed by atoms with Gasteiger partial charge in [-0.3, -0.25) is 4.79 Å². The molecule has 20 heavy (non-hydrogen) atoms. The van der Waals surface area contributed by atoms with Crippen molar-refractivity contribution in [2.45, 2.75) is 20.3 Å². The number of carbonyl (C=O) groups excluding carboxylic acids is 1. The summed E-state index contributed by atoms with van der Waals surface area (Å²) in [6.45, 7) is 4.14. The second kappa shape index (κ2) is 6.02. The molecule has 2 rings (SSSR count). The van der Waals surface area contributed by atoms with Crippen molar-refractivity contribution < 1.29 is 9.21 Å². The number of amides is 1. The van der Waals surface area contributed by atoms with E-state index in [9.17, 15) is 4.79 Å². The van der Waals surface area contributed by atoms with Crippen LogP contribution in [0.1, 0.15) is 33.3 Å².